The van der Waals surface area contributed by atoms with Gasteiger partial charge in [0.2, 0.25) is 0 Å². The van der Waals surface area contributed by atoms with E-state index in [1.165, 1.54) is 13.2 Å². The van der Waals surface area contributed by atoms with E-state index in [1.54, 1.807) is 18.2 Å². The number of carbonyl (C=O) groups excluding carboxylic acids is 2. The van der Waals surface area contributed by atoms with Crippen molar-refractivity contribution in [2.75, 3.05) is 19.0 Å². The summed E-state index contributed by atoms with van der Waals surface area (Å²) < 4.78 is 11.0. The zero-order valence-corrected chi connectivity index (χ0v) is 14.0. The number of benzene rings is 2. The van der Waals surface area contributed by atoms with Crippen LogP contribution in [0, 0.1) is 3.57 Å². The molecule has 6 heteroatoms. The lowest BCUT2D eigenvalue weighted by Crippen LogP contribution is -2.20. The molecule has 0 spiro atoms. The first kappa shape index (κ1) is 16.3. The molecular weight excluding hydrogens is 397 g/mol. The summed E-state index contributed by atoms with van der Waals surface area (Å²) >= 11 is 2.14. The highest BCUT2D eigenvalue weighted by atomic mass is 127. The molecule has 0 fully saturated rings. The Hall–Kier alpha value is -2.09. The van der Waals surface area contributed by atoms with Gasteiger partial charge in [0.15, 0.2) is 6.61 Å². The van der Waals surface area contributed by atoms with Gasteiger partial charge in [0.25, 0.3) is 5.91 Å². The predicted molar refractivity (Wildman–Crippen MR) is 91.1 cm³/mol. The van der Waals surface area contributed by atoms with E-state index in [1.807, 2.05) is 24.3 Å². The summed E-state index contributed by atoms with van der Waals surface area (Å²) in [6.07, 6.45) is 0. The average Bonchev–Trinajstić information content (AvgIpc) is 2.54. The van der Waals surface area contributed by atoms with Crippen molar-refractivity contribution in [1.29, 1.82) is 0 Å². The Labute approximate surface area is 141 Å². The van der Waals surface area contributed by atoms with Gasteiger partial charge in [-0.05, 0) is 52.9 Å². The lowest BCUT2D eigenvalue weighted by Gasteiger charge is -2.09. The van der Waals surface area contributed by atoms with E-state index in [-0.39, 0.29) is 12.5 Å². The average molecular weight is 411 g/mol. The van der Waals surface area contributed by atoms with Gasteiger partial charge in [-0.1, -0.05) is 18.2 Å². The van der Waals surface area contributed by atoms with Gasteiger partial charge in [-0.25, -0.2) is 4.79 Å². The zero-order valence-electron chi connectivity index (χ0n) is 11.8. The molecule has 1 amide bonds. The minimum Gasteiger partial charge on any atom is -0.484 e. The number of ether oxygens (including phenoxy) is 2. The van der Waals surface area contributed by atoms with Crippen LogP contribution in [0.15, 0.2) is 48.5 Å². The van der Waals surface area contributed by atoms with Crippen LogP contribution in [0.25, 0.3) is 0 Å². The molecule has 0 saturated heterocycles. The first-order valence-corrected chi connectivity index (χ1v) is 7.53. The molecule has 1 N–H and O–H groups in total. The molecule has 0 aliphatic heterocycles. The van der Waals surface area contributed by atoms with Gasteiger partial charge in [0.05, 0.1) is 18.4 Å². The van der Waals surface area contributed by atoms with Gasteiger partial charge in [0, 0.05) is 3.57 Å². The quantitative estimate of drug-likeness (QED) is 0.607. The summed E-state index contributed by atoms with van der Waals surface area (Å²) in [6.45, 7) is -0.143. The first-order chi connectivity index (χ1) is 10.6. The number of anilines is 1. The molecule has 0 bridgehead atoms. The van der Waals surface area contributed by atoms with Gasteiger partial charge in [-0.2, -0.15) is 0 Å². The van der Waals surface area contributed by atoms with Crippen LogP contribution in [0.3, 0.4) is 0 Å². The van der Waals surface area contributed by atoms with E-state index in [0.717, 1.165) is 9.26 Å². The summed E-state index contributed by atoms with van der Waals surface area (Å²) in [6, 6.07) is 13.9. The van der Waals surface area contributed by atoms with Crippen LogP contribution in [0.1, 0.15) is 10.4 Å². The molecule has 22 heavy (non-hydrogen) atoms. The monoisotopic (exact) mass is 411 g/mol. The first-order valence-electron chi connectivity index (χ1n) is 6.45. The van der Waals surface area contributed by atoms with Crippen molar-refractivity contribution < 1.29 is 19.1 Å². The Kier molecular flexibility index (Phi) is 5.76. The van der Waals surface area contributed by atoms with Crippen molar-refractivity contribution in [2.45, 2.75) is 0 Å². The smallest absolute Gasteiger partial charge is 0.337 e. The maximum atomic E-state index is 11.9. The number of hydrogen-bond acceptors (Lipinski definition) is 4. The van der Waals surface area contributed by atoms with Crippen LogP contribution < -0.4 is 10.1 Å². The third-order valence-electron chi connectivity index (χ3n) is 2.77. The number of rotatable bonds is 5. The Balaban J connectivity index is 1.94. The Morgan fingerprint density at radius 2 is 1.91 bits per heavy atom. The van der Waals surface area contributed by atoms with Crippen LogP contribution in [0.4, 0.5) is 5.69 Å². The number of para-hydroxylation sites is 1. The standard InChI is InChI=1S/C16H14INO4/c1-21-16(20)11-5-4-6-12(9-11)22-10-15(19)18-14-8-3-2-7-13(14)17/h2-9H,10H2,1H3,(H,18,19). The highest BCUT2D eigenvalue weighted by molar-refractivity contribution is 14.1. The minimum absolute atomic E-state index is 0.143. The van der Waals surface area contributed by atoms with Crippen LogP contribution >= 0.6 is 22.6 Å². The fourth-order valence-corrected chi connectivity index (χ4v) is 2.25. The maximum absolute atomic E-state index is 11.9. The zero-order chi connectivity index (χ0) is 15.9. The van der Waals surface area contributed by atoms with E-state index in [2.05, 4.69) is 32.6 Å². The Morgan fingerprint density at radius 1 is 1.14 bits per heavy atom. The Morgan fingerprint density at radius 3 is 2.64 bits per heavy atom. The molecule has 0 radical (unpaired) electrons. The van der Waals surface area contributed by atoms with Gasteiger partial charge < -0.3 is 14.8 Å². The van der Waals surface area contributed by atoms with Crippen molar-refractivity contribution in [2.24, 2.45) is 0 Å². The van der Waals surface area contributed by atoms with Crippen molar-refractivity contribution in [1.82, 2.24) is 0 Å². The normalized spacial score (nSPS) is 9.91. The molecule has 0 aliphatic rings. The molecule has 5 nitrogen and oxygen atoms in total. The topological polar surface area (TPSA) is 64.6 Å². The summed E-state index contributed by atoms with van der Waals surface area (Å²) in [5.74, 6) is -0.290. The lowest BCUT2D eigenvalue weighted by molar-refractivity contribution is -0.118. The van der Waals surface area contributed by atoms with Gasteiger partial charge in [-0.3, -0.25) is 4.79 Å². The van der Waals surface area contributed by atoms with Crippen molar-refractivity contribution in [3.8, 4) is 5.75 Å². The third kappa shape index (κ3) is 4.45. The van der Waals surface area contributed by atoms with Crippen molar-refractivity contribution in [3.05, 3.63) is 57.7 Å². The molecule has 0 atom stereocenters. The predicted octanol–water partition coefficient (Wildman–Crippen LogP) is 3.10. The second-order valence-electron chi connectivity index (χ2n) is 4.34. The summed E-state index contributed by atoms with van der Waals surface area (Å²) in [7, 11) is 1.31. The summed E-state index contributed by atoms with van der Waals surface area (Å²) in [4.78, 5) is 23.3. The van der Waals surface area contributed by atoms with Gasteiger partial charge in [-0.15, -0.1) is 0 Å². The maximum Gasteiger partial charge on any atom is 0.337 e. The molecule has 0 aromatic heterocycles. The van der Waals surface area contributed by atoms with Gasteiger partial charge in [0.1, 0.15) is 5.75 Å². The highest BCUT2D eigenvalue weighted by Gasteiger charge is 2.09. The largest absolute Gasteiger partial charge is 0.484 e. The SMILES string of the molecule is COC(=O)c1cccc(OCC(=O)Nc2ccccc2I)c1. The van der Waals surface area contributed by atoms with E-state index >= 15 is 0 Å². The summed E-state index contributed by atoms with van der Waals surface area (Å²) in [5, 5.41) is 2.77. The number of halogens is 1. The fourth-order valence-electron chi connectivity index (χ4n) is 1.73. The van der Waals surface area contributed by atoms with Crippen LogP contribution in [0.5, 0.6) is 5.75 Å². The van der Waals surface area contributed by atoms with E-state index in [4.69, 9.17) is 4.74 Å². The van der Waals surface area contributed by atoms with E-state index in [0.29, 0.717) is 11.3 Å². The fraction of sp³-hybridized carbons (Fsp3) is 0.125. The van der Waals surface area contributed by atoms with Crippen molar-refractivity contribution in [3.63, 3.8) is 0 Å². The van der Waals surface area contributed by atoms with Gasteiger partial charge >= 0.3 is 5.97 Å². The molecule has 0 saturated carbocycles. The minimum atomic E-state index is -0.450. The van der Waals surface area contributed by atoms with Crippen LogP contribution in [-0.2, 0) is 9.53 Å². The molecular formula is C16H14INO4. The second kappa shape index (κ2) is 7.79. The second-order valence-corrected chi connectivity index (χ2v) is 5.50. The molecule has 2 aromatic carbocycles. The molecule has 0 unspecified atom stereocenters. The van der Waals surface area contributed by atoms with E-state index < -0.39 is 5.97 Å². The van der Waals surface area contributed by atoms with Crippen LogP contribution in [-0.4, -0.2) is 25.6 Å². The highest BCUT2D eigenvalue weighted by Crippen LogP contribution is 2.17. The molecule has 114 valence electrons. The molecule has 2 rings (SSSR count). The lowest BCUT2D eigenvalue weighted by atomic mass is 10.2. The number of hydrogen-bond donors (Lipinski definition) is 1. The molecule has 2 aromatic rings. The number of nitrogens with one attached hydrogen (secondary N) is 1. The number of carbonyl (C=O) groups is 2. The molecule has 0 heterocycles. The number of esters is 1. The molecule has 0 aliphatic carbocycles. The number of methoxy groups -OCH3 is 1. The van der Waals surface area contributed by atoms with Crippen molar-refractivity contribution >= 4 is 40.2 Å². The third-order valence-corrected chi connectivity index (χ3v) is 3.71. The number of amides is 1. The Bertz CT molecular complexity index is 687. The van der Waals surface area contributed by atoms with Crippen LogP contribution in [0.2, 0.25) is 0 Å². The summed E-state index contributed by atoms with van der Waals surface area (Å²) in [5.41, 5.74) is 1.11. The van der Waals surface area contributed by atoms with E-state index in [9.17, 15) is 9.59 Å².